The molecule has 1 aromatic carbocycles. The summed E-state index contributed by atoms with van der Waals surface area (Å²) in [5, 5.41) is 3.39. The van der Waals surface area contributed by atoms with Gasteiger partial charge in [-0.25, -0.2) is 0 Å². The molecule has 0 aliphatic heterocycles. The molecule has 1 N–H and O–H groups in total. The molecule has 19 heavy (non-hydrogen) atoms. The average molecular weight is 263 g/mol. The van der Waals surface area contributed by atoms with Crippen molar-refractivity contribution in [2.45, 2.75) is 38.6 Å². The normalized spacial score (nSPS) is 18.1. The SMILES string of the molecule is CCOCCCOc1ccc2c(c1)CCCC2NC. The molecular weight excluding hydrogens is 238 g/mol. The topological polar surface area (TPSA) is 30.5 Å². The zero-order valence-electron chi connectivity index (χ0n) is 12.1. The lowest BCUT2D eigenvalue weighted by Crippen LogP contribution is -2.21. The fourth-order valence-electron chi connectivity index (χ4n) is 2.68. The van der Waals surface area contributed by atoms with Gasteiger partial charge in [0.2, 0.25) is 0 Å². The van der Waals surface area contributed by atoms with Crippen LogP contribution >= 0.6 is 0 Å². The van der Waals surface area contributed by atoms with Crippen LogP contribution in [0.2, 0.25) is 0 Å². The van der Waals surface area contributed by atoms with E-state index in [2.05, 4.69) is 23.5 Å². The van der Waals surface area contributed by atoms with E-state index in [1.807, 2.05) is 14.0 Å². The Bertz CT molecular complexity index is 392. The van der Waals surface area contributed by atoms with Crippen molar-refractivity contribution in [3.63, 3.8) is 0 Å². The van der Waals surface area contributed by atoms with Gasteiger partial charge in [-0.2, -0.15) is 0 Å². The third kappa shape index (κ3) is 3.95. The quantitative estimate of drug-likeness (QED) is 0.767. The Kier molecular flexibility index (Phi) is 5.67. The van der Waals surface area contributed by atoms with E-state index in [1.165, 1.54) is 30.4 Å². The molecule has 0 amide bonds. The van der Waals surface area contributed by atoms with Crippen LogP contribution in [0.1, 0.15) is 43.4 Å². The van der Waals surface area contributed by atoms with Gasteiger partial charge < -0.3 is 14.8 Å². The van der Waals surface area contributed by atoms with Crippen LogP contribution in [-0.4, -0.2) is 26.9 Å². The van der Waals surface area contributed by atoms with E-state index in [1.54, 1.807) is 0 Å². The highest BCUT2D eigenvalue weighted by Crippen LogP contribution is 2.31. The van der Waals surface area contributed by atoms with Crippen LogP contribution in [0.5, 0.6) is 5.75 Å². The highest BCUT2D eigenvalue weighted by atomic mass is 16.5. The van der Waals surface area contributed by atoms with E-state index in [4.69, 9.17) is 9.47 Å². The zero-order valence-corrected chi connectivity index (χ0v) is 12.1. The van der Waals surface area contributed by atoms with Crippen molar-refractivity contribution in [1.82, 2.24) is 5.32 Å². The second-order valence-corrected chi connectivity index (χ2v) is 4.99. The Hall–Kier alpha value is -1.06. The molecular formula is C16H25NO2. The number of aryl methyl sites for hydroxylation is 1. The van der Waals surface area contributed by atoms with E-state index in [0.29, 0.717) is 6.04 Å². The van der Waals surface area contributed by atoms with Crippen molar-refractivity contribution in [2.24, 2.45) is 0 Å². The van der Waals surface area contributed by atoms with Gasteiger partial charge in [0, 0.05) is 25.7 Å². The second-order valence-electron chi connectivity index (χ2n) is 4.99. The van der Waals surface area contributed by atoms with Crippen LogP contribution in [0.3, 0.4) is 0 Å². The first-order chi connectivity index (χ1) is 9.35. The molecule has 1 aliphatic rings. The fraction of sp³-hybridized carbons (Fsp3) is 0.625. The molecule has 2 rings (SSSR count). The van der Waals surface area contributed by atoms with Gasteiger partial charge in [0.25, 0.3) is 0 Å². The minimum absolute atomic E-state index is 0.510. The smallest absolute Gasteiger partial charge is 0.119 e. The highest BCUT2D eigenvalue weighted by molar-refractivity contribution is 5.39. The van der Waals surface area contributed by atoms with Crippen molar-refractivity contribution in [1.29, 1.82) is 0 Å². The first-order valence-electron chi connectivity index (χ1n) is 7.35. The molecule has 0 fully saturated rings. The third-order valence-corrected chi connectivity index (χ3v) is 3.68. The first kappa shape index (κ1) is 14.4. The molecule has 1 aromatic rings. The summed E-state index contributed by atoms with van der Waals surface area (Å²) < 4.78 is 11.1. The molecule has 0 heterocycles. The summed E-state index contributed by atoms with van der Waals surface area (Å²) in [6, 6.07) is 7.03. The maximum atomic E-state index is 5.79. The van der Waals surface area contributed by atoms with Gasteiger partial charge in [0.05, 0.1) is 6.61 Å². The third-order valence-electron chi connectivity index (χ3n) is 3.68. The molecule has 3 nitrogen and oxygen atoms in total. The number of nitrogens with one attached hydrogen (secondary N) is 1. The summed E-state index contributed by atoms with van der Waals surface area (Å²) in [5.41, 5.74) is 2.88. The van der Waals surface area contributed by atoms with Gasteiger partial charge in [-0.05, 0) is 56.5 Å². The highest BCUT2D eigenvalue weighted by Gasteiger charge is 2.18. The summed E-state index contributed by atoms with van der Waals surface area (Å²) in [5.74, 6) is 0.993. The van der Waals surface area contributed by atoms with Gasteiger partial charge in [-0.15, -0.1) is 0 Å². The Morgan fingerprint density at radius 3 is 3.00 bits per heavy atom. The number of ether oxygens (including phenoxy) is 2. The van der Waals surface area contributed by atoms with Crippen molar-refractivity contribution >= 4 is 0 Å². The van der Waals surface area contributed by atoms with Gasteiger partial charge >= 0.3 is 0 Å². The van der Waals surface area contributed by atoms with Crippen LogP contribution in [0.15, 0.2) is 18.2 Å². The lowest BCUT2D eigenvalue weighted by Gasteiger charge is -2.25. The van der Waals surface area contributed by atoms with E-state index < -0.39 is 0 Å². The summed E-state index contributed by atoms with van der Waals surface area (Å²) in [4.78, 5) is 0. The van der Waals surface area contributed by atoms with E-state index in [0.717, 1.165) is 32.0 Å². The average Bonchev–Trinajstić information content (AvgIpc) is 2.46. The predicted molar refractivity (Wildman–Crippen MR) is 77.8 cm³/mol. The molecule has 0 spiro atoms. The maximum Gasteiger partial charge on any atom is 0.119 e. The number of fused-ring (bicyclic) bond motifs is 1. The molecule has 1 unspecified atom stereocenters. The molecule has 0 radical (unpaired) electrons. The van der Waals surface area contributed by atoms with Crippen LogP contribution in [0.25, 0.3) is 0 Å². The fourth-order valence-corrected chi connectivity index (χ4v) is 2.68. The van der Waals surface area contributed by atoms with Crippen LogP contribution in [0.4, 0.5) is 0 Å². The van der Waals surface area contributed by atoms with E-state index in [-0.39, 0.29) is 0 Å². The zero-order chi connectivity index (χ0) is 13.5. The minimum atomic E-state index is 0.510. The largest absolute Gasteiger partial charge is 0.493 e. The van der Waals surface area contributed by atoms with Gasteiger partial charge in [0.1, 0.15) is 5.75 Å². The van der Waals surface area contributed by atoms with Gasteiger partial charge in [-0.1, -0.05) is 6.07 Å². The minimum Gasteiger partial charge on any atom is -0.493 e. The first-order valence-corrected chi connectivity index (χ1v) is 7.35. The van der Waals surface area contributed by atoms with Crippen molar-refractivity contribution in [2.75, 3.05) is 26.9 Å². The number of benzene rings is 1. The Labute approximate surface area is 116 Å². The summed E-state index contributed by atoms with van der Waals surface area (Å²) >= 11 is 0. The molecule has 106 valence electrons. The molecule has 1 atom stereocenters. The maximum absolute atomic E-state index is 5.79. The van der Waals surface area contributed by atoms with Crippen molar-refractivity contribution in [3.05, 3.63) is 29.3 Å². The Morgan fingerprint density at radius 2 is 2.21 bits per heavy atom. The second kappa shape index (κ2) is 7.51. The molecule has 0 saturated heterocycles. The number of hydrogen-bond donors (Lipinski definition) is 1. The standard InChI is InChI=1S/C16H25NO2/c1-3-18-10-5-11-19-14-8-9-15-13(12-14)6-4-7-16(15)17-2/h8-9,12,16-17H,3-7,10-11H2,1-2H3. The molecule has 0 bridgehead atoms. The van der Waals surface area contributed by atoms with Crippen LogP contribution < -0.4 is 10.1 Å². The summed E-state index contributed by atoms with van der Waals surface area (Å²) in [6.45, 7) is 4.31. The van der Waals surface area contributed by atoms with E-state index in [9.17, 15) is 0 Å². The Morgan fingerprint density at radius 1 is 1.32 bits per heavy atom. The van der Waals surface area contributed by atoms with Crippen molar-refractivity contribution < 1.29 is 9.47 Å². The Balaban J connectivity index is 1.89. The lowest BCUT2D eigenvalue weighted by atomic mass is 9.87. The number of hydrogen-bond acceptors (Lipinski definition) is 3. The lowest BCUT2D eigenvalue weighted by molar-refractivity contribution is 0.131. The summed E-state index contributed by atoms with van der Waals surface area (Å²) in [7, 11) is 2.04. The predicted octanol–water partition coefficient (Wildman–Crippen LogP) is 3.09. The number of rotatable bonds is 7. The molecule has 3 heteroatoms. The van der Waals surface area contributed by atoms with Gasteiger partial charge in [-0.3, -0.25) is 0 Å². The summed E-state index contributed by atoms with van der Waals surface area (Å²) in [6.07, 6.45) is 4.61. The van der Waals surface area contributed by atoms with Crippen LogP contribution in [-0.2, 0) is 11.2 Å². The molecule has 0 aromatic heterocycles. The van der Waals surface area contributed by atoms with E-state index >= 15 is 0 Å². The van der Waals surface area contributed by atoms with Crippen LogP contribution in [0, 0.1) is 0 Å². The van der Waals surface area contributed by atoms with Gasteiger partial charge in [0.15, 0.2) is 0 Å². The molecule has 1 aliphatic carbocycles. The van der Waals surface area contributed by atoms with Crippen molar-refractivity contribution in [3.8, 4) is 5.75 Å². The molecule has 0 saturated carbocycles. The monoisotopic (exact) mass is 263 g/mol.